The summed E-state index contributed by atoms with van der Waals surface area (Å²) in [6.07, 6.45) is 2.02. The predicted molar refractivity (Wildman–Crippen MR) is 39.2 cm³/mol. The molecule has 1 rings (SSSR count). The lowest BCUT2D eigenvalue weighted by molar-refractivity contribution is 0.281. The molecule has 0 bridgehead atoms. The molecule has 0 aromatic rings. The number of halogens is 1. The Kier molecular flexibility index (Phi) is 2.79. The van der Waals surface area contributed by atoms with Crippen molar-refractivity contribution in [1.29, 1.82) is 0 Å². The molecule has 0 spiro atoms. The number of likely N-dealkylation sites (tertiary alicyclic amines) is 1. The standard InChI is InChI=1S/C6H12FNS/c1-8-4-2-6(9-7)3-5-8/h6H,2-5H2,1H3. The van der Waals surface area contributed by atoms with Gasteiger partial charge in [0, 0.05) is 17.4 Å². The number of rotatable bonds is 1. The molecular weight excluding hydrogens is 137 g/mol. The number of hydrogen-bond donors (Lipinski definition) is 0. The van der Waals surface area contributed by atoms with Gasteiger partial charge in [-0.05, 0) is 33.0 Å². The Morgan fingerprint density at radius 3 is 2.44 bits per heavy atom. The molecule has 1 saturated heterocycles. The van der Waals surface area contributed by atoms with E-state index < -0.39 is 0 Å². The van der Waals surface area contributed by atoms with Crippen LogP contribution >= 0.6 is 12.1 Å². The highest BCUT2D eigenvalue weighted by atomic mass is 32.2. The molecule has 0 aromatic heterocycles. The molecule has 1 nitrogen and oxygen atoms in total. The van der Waals surface area contributed by atoms with Crippen LogP contribution in [0.1, 0.15) is 12.8 Å². The van der Waals surface area contributed by atoms with Gasteiger partial charge in [0.25, 0.3) is 0 Å². The van der Waals surface area contributed by atoms with Gasteiger partial charge in [-0.2, -0.15) is 3.89 Å². The summed E-state index contributed by atoms with van der Waals surface area (Å²) in [4.78, 5) is 2.24. The third-order valence-corrected chi connectivity index (χ3v) is 2.51. The number of piperidine rings is 1. The highest BCUT2D eigenvalue weighted by Gasteiger charge is 2.16. The maximum absolute atomic E-state index is 11.9. The Morgan fingerprint density at radius 1 is 1.44 bits per heavy atom. The van der Waals surface area contributed by atoms with Crippen LogP contribution in [0.5, 0.6) is 0 Å². The summed E-state index contributed by atoms with van der Waals surface area (Å²) in [5, 5.41) is 0.279. The van der Waals surface area contributed by atoms with E-state index in [1.165, 1.54) is 0 Å². The summed E-state index contributed by atoms with van der Waals surface area (Å²) in [6, 6.07) is 0. The van der Waals surface area contributed by atoms with Crippen LogP contribution in [0.4, 0.5) is 3.89 Å². The van der Waals surface area contributed by atoms with Gasteiger partial charge in [0.2, 0.25) is 0 Å². The molecule has 1 heterocycles. The van der Waals surface area contributed by atoms with Crippen LogP contribution in [0.3, 0.4) is 0 Å². The van der Waals surface area contributed by atoms with Gasteiger partial charge in [-0.15, -0.1) is 0 Å². The van der Waals surface area contributed by atoms with Gasteiger partial charge in [-0.25, -0.2) is 0 Å². The lowest BCUT2D eigenvalue weighted by Gasteiger charge is -2.25. The zero-order chi connectivity index (χ0) is 6.69. The summed E-state index contributed by atoms with van der Waals surface area (Å²) < 4.78 is 11.9. The zero-order valence-electron chi connectivity index (χ0n) is 5.64. The maximum Gasteiger partial charge on any atom is 0.0478 e. The molecule has 9 heavy (non-hydrogen) atoms. The monoisotopic (exact) mass is 149 g/mol. The molecule has 0 unspecified atom stereocenters. The molecule has 1 aliphatic heterocycles. The highest BCUT2D eigenvalue weighted by molar-refractivity contribution is 7.94. The van der Waals surface area contributed by atoms with Gasteiger partial charge in [0.05, 0.1) is 0 Å². The molecule has 1 aliphatic rings. The minimum atomic E-state index is 0.279. The van der Waals surface area contributed by atoms with E-state index in [1.807, 2.05) is 0 Å². The van der Waals surface area contributed by atoms with Crippen LogP contribution in [-0.2, 0) is 0 Å². The minimum absolute atomic E-state index is 0.279. The Bertz CT molecular complexity index is 81.1. The lowest BCUT2D eigenvalue weighted by atomic mass is 10.1. The second-order valence-electron chi connectivity index (χ2n) is 2.59. The van der Waals surface area contributed by atoms with Crippen LogP contribution < -0.4 is 0 Å². The Labute approximate surface area is 59.9 Å². The number of hydrogen-bond acceptors (Lipinski definition) is 2. The molecule has 0 atom stereocenters. The van der Waals surface area contributed by atoms with Crippen molar-refractivity contribution >= 4 is 12.1 Å². The van der Waals surface area contributed by atoms with E-state index in [2.05, 4.69) is 11.9 Å². The van der Waals surface area contributed by atoms with Crippen molar-refractivity contribution in [2.45, 2.75) is 18.1 Å². The zero-order valence-corrected chi connectivity index (χ0v) is 6.46. The van der Waals surface area contributed by atoms with E-state index in [0.29, 0.717) is 12.1 Å². The van der Waals surface area contributed by atoms with Crippen molar-refractivity contribution in [2.24, 2.45) is 0 Å². The summed E-state index contributed by atoms with van der Waals surface area (Å²) in [6.45, 7) is 2.11. The van der Waals surface area contributed by atoms with Gasteiger partial charge in [0.15, 0.2) is 0 Å². The third-order valence-electron chi connectivity index (χ3n) is 1.79. The Morgan fingerprint density at radius 2 is 2.00 bits per heavy atom. The number of nitrogens with zero attached hydrogens (tertiary/aromatic N) is 1. The first-order valence-electron chi connectivity index (χ1n) is 3.29. The van der Waals surface area contributed by atoms with Crippen LogP contribution in [0.15, 0.2) is 0 Å². The largest absolute Gasteiger partial charge is 0.306 e. The maximum atomic E-state index is 11.9. The van der Waals surface area contributed by atoms with E-state index in [9.17, 15) is 3.89 Å². The first-order valence-corrected chi connectivity index (χ1v) is 4.07. The highest BCUT2D eigenvalue weighted by Crippen LogP contribution is 2.22. The molecular formula is C6H12FNS. The SMILES string of the molecule is CN1CCC(SF)CC1. The molecule has 54 valence electrons. The fourth-order valence-electron chi connectivity index (χ4n) is 1.07. The first kappa shape index (κ1) is 7.35. The second-order valence-corrected chi connectivity index (χ2v) is 3.44. The molecule has 3 heteroatoms. The van der Waals surface area contributed by atoms with E-state index in [0.717, 1.165) is 25.9 Å². The van der Waals surface area contributed by atoms with Gasteiger partial charge >= 0.3 is 0 Å². The summed E-state index contributed by atoms with van der Waals surface area (Å²) in [7, 11) is 2.08. The van der Waals surface area contributed by atoms with Gasteiger partial charge < -0.3 is 4.90 Å². The molecule has 0 N–H and O–H groups in total. The van der Waals surface area contributed by atoms with E-state index >= 15 is 0 Å². The minimum Gasteiger partial charge on any atom is -0.306 e. The molecule has 0 aromatic carbocycles. The molecule has 0 saturated carbocycles. The van der Waals surface area contributed by atoms with Crippen molar-refractivity contribution in [1.82, 2.24) is 4.90 Å². The molecule has 0 aliphatic carbocycles. The predicted octanol–water partition coefficient (Wildman–Crippen LogP) is 1.70. The fourth-order valence-corrected chi connectivity index (χ4v) is 1.46. The topological polar surface area (TPSA) is 3.24 Å². The van der Waals surface area contributed by atoms with Crippen molar-refractivity contribution in [3.05, 3.63) is 0 Å². The summed E-state index contributed by atoms with van der Waals surface area (Å²) >= 11 is 0.521. The fraction of sp³-hybridized carbons (Fsp3) is 1.00. The van der Waals surface area contributed by atoms with Crippen LogP contribution in [0, 0.1) is 0 Å². The van der Waals surface area contributed by atoms with Crippen molar-refractivity contribution < 1.29 is 3.89 Å². The van der Waals surface area contributed by atoms with Crippen LogP contribution in [0.2, 0.25) is 0 Å². The quantitative estimate of drug-likeness (QED) is 0.558. The van der Waals surface area contributed by atoms with Gasteiger partial charge in [0.1, 0.15) is 0 Å². The summed E-state index contributed by atoms with van der Waals surface area (Å²) in [5.74, 6) is 0. The van der Waals surface area contributed by atoms with E-state index in [-0.39, 0.29) is 5.25 Å². The average Bonchev–Trinajstić information content (AvgIpc) is 1.90. The van der Waals surface area contributed by atoms with Crippen molar-refractivity contribution in [3.63, 3.8) is 0 Å². The van der Waals surface area contributed by atoms with Crippen LogP contribution in [0.25, 0.3) is 0 Å². The van der Waals surface area contributed by atoms with E-state index in [1.54, 1.807) is 0 Å². The molecule has 0 radical (unpaired) electrons. The molecule has 1 fully saturated rings. The van der Waals surface area contributed by atoms with Gasteiger partial charge in [-0.3, -0.25) is 0 Å². The average molecular weight is 149 g/mol. The summed E-state index contributed by atoms with van der Waals surface area (Å²) in [5.41, 5.74) is 0. The lowest BCUT2D eigenvalue weighted by Crippen LogP contribution is -2.30. The van der Waals surface area contributed by atoms with Crippen LogP contribution in [-0.4, -0.2) is 30.3 Å². The van der Waals surface area contributed by atoms with Crippen molar-refractivity contribution in [3.8, 4) is 0 Å². The Balaban J connectivity index is 2.18. The first-order chi connectivity index (χ1) is 4.33. The second kappa shape index (κ2) is 3.42. The van der Waals surface area contributed by atoms with E-state index in [4.69, 9.17) is 0 Å². The Hall–Kier alpha value is 0.240. The molecule has 0 amide bonds. The normalized spacial score (nSPS) is 24.7. The van der Waals surface area contributed by atoms with Crippen molar-refractivity contribution in [2.75, 3.05) is 20.1 Å². The van der Waals surface area contributed by atoms with Gasteiger partial charge in [-0.1, -0.05) is 0 Å². The third kappa shape index (κ3) is 2.14. The smallest absolute Gasteiger partial charge is 0.0478 e.